The second-order valence-corrected chi connectivity index (χ2v) is 5.02. The summed E-state index contributed by atoms with van der Waals surface area (Å²) in [6, 6.07) is 0.575. The fourth-order valence-corrected chi connectivity index (χ4v) is 2.79. The molecule has 3 rings (SSSR count). The van der Waals surface area contributed by atoms with Gasteiger partial charge < -0.3 is 14.8 Å². The molecule has 1 saturated heterocycles. The maximum atomic E-state index is 5.72. The van der Waals surface area contributed by atoms with Gasteiger partial charge in [-0.3, -0.25) is 5.10 Å². The molecule has 2 fully saturated rings. The summed E-state index contributed by atoms with van der Waals surface area (Å²) in [6.07, 6.45) is 6.70. The molecular weight excluding hydrogens is 232 g/mol. The molecule has 1 saturated carbocycles. The van der Waals surface area contributed by atoms with E-state index in [4.69, 9.17) is 9.47 Å². The molecule has 0 radical (unpaired) electrons. The van der Waals surface area contributed by atoms with Crippen molar-refractivity contribution in [2.24, 2.45) is 0 Å². The Morgan fingerprint density at radius 2 is 2.11 bits per heavy atom. The largest absolute Gasteiger partial charge is 0.348 e. The molecule has 0 unspecified atom stereocenters. The fraction of sp³-hybridized carbons (Fsp3) is 0.833. The lowest BCUT2D eigenvalue weighted by Gasteiger charge is -2.35. The quantitative estimate of drug-likeness (QED) is 0.822. The van der Waals surface area contributed by atoms with Gasteiger partial charge in [-0.15, -0.1) is 0 Å². The molecule has 2 N–H and O–H groups in total. The lowest BCUT2D eigenvalue weighted by molar-refractivity contribution is -0.179. The molecule has 6 heteroatoms. The van der Waals surface area contributed by atoms with Gasteiger partial charge in [-0.2, -0.15) is 5.10 Å². The van der Waals surface area contributed by atoms with Gasteiger partial charge in [0.25, 0.3) is 0 Å². The summed E-state index contributed by atoms with van der Waals surface area (Å²) in [5, 5.41) is 10.3. The number of hydrogen-bond acceptors (Lipinski definition) is 5. The van der Waals surface area contributed by atoms with Crippen LogP contribution in [0.15, 0.2) is 6.33 Å². The van der Waals surface area contributed by atoms with E-state index in [1.807, 2.05) is 0 Å². The lowest BCUT2D eigenvalue weighted by atomic mass is 9.90. The zero-order valence-corrected chi connectivity index (χ0v) is 10.5. The van der Waals surface area contributed by atoms with E-state index in [1.54, 1.807) is 6.33 Å². The van der Waals surface area contributed by atoms with Crippen LogP contribution in [0.1, 0.15) is 31.5 Å². The number of H-pyrrole nitrogens is 1. The fourth-order valence-electron chi connectivity index (χ4n) is 2.79. The number of nitrogens with zero attached hydrogens (tertiary/aromatic N) is 2. The lowest BCUT2D eigenvalue weighted by Crippen LogP contribution is -2.42. The molecular formula is C12H20N4O2. The Hall–Kier alpha value is -0.980. The summed E-state index contributed by atoms with van der Waals surface area (Å²) >= 11 is 0. The number of nitrogens with one attached hydrogen (secondary N) is 2. The smallest absolute Gasteiger partial charge is 0.168 e. The molecule has 1 aliphatic heterocycles. The molecule has 1 aromatic heterocycles. The Balaban J connectivity index is 1.38. The van der Waals surface area contributed by atoms with Crippen LogP contribution in [0.4, 0.5) is 0 Å². The Bertz CT molecular complexity index is 352. The summed E-state index contributed by atoms with van der Waals surface area (Å²) in [7, 11) is 0. The van der Waals surface area contributed by atoms with E-state index in [2.05, 4.69) is 20.5 Å². The second-order valence-electron chi connectivity index (χ2n) is 5.02. The van der Waals surface area contributed by atoms with Crippen molar-refractivity contribution in [3.05, 3.63) is 12.2 Å². The Kier molecular flexibility index (Phi) is 3.58. The molecule has 6 nitrogen and oxygen atoms in total. The van der Waals surface area contributed by atoms with Crippen molar-refractivity contribution >= 4 is 0 Å². The van der Waals surface area contributed by atoms with E-state index in [1.165, 1.54) is 0 Å². The number of rotatable bonds is 4. The summed E-state index contributed by atoms with van der Waals surface area (Å²) in [4.78, 5) is 4.11. The van der Waals surface area contributed by atoms with E-state index in [0.29, 0.717) is 6.04 Å². The number of hydrogen-bond donors (Lipinski definition) is 2. The molecule has 18 heavy (non-hydrogen) atoms. The zero-order valence-electron chi connectivity index (χ0n) is 10.5. The van der Waals surface area contributed by atoms with Gasteiger partial charge in [-0.1, -0.05) is 0 Å². The highest BCUT2D eigenvalue weighted by Gasteiger charge is 2.39. The normalized spacial score (nSPS) is 23.8. The van der Waals surface area contributed by atoms with E-state index in [-0.39, 0.29) is 5.79 Å². The van der Waals surface area contributed by atoms with E-state index >= 15 is 0 Å². The highest BCUT2D eigenvalue weighted by molar-refractivity contribution is 4.87. The van der Waals surface area contributed by atoms with Crippen molar-refractivity contribution < 1.29 is 9.47 Å². The minimum absolute atomic E-state index is 0.247. The maximum absolute atomic E-state index is 5.72. The predicted octanol–water partition coefficient (Wildman–Crippen LogP) is 0.622. The SMILES string of the molecule is c1n[nH]c(CCNC2CCC3(CC2)OCCO3)n1. The molecule has 0 atom stereocenters. The summed E-state index contributed by atoms with van der Waals surface area (Å²) in [6.45, 7) is 2.45. The van der Waals surface area contributed by atoms with Crippen molar-refractivity contribution in [3.8, 4) is 0 Å². The van der Waals surface area contributed by atoms with Crippen molar-refractivity contribution in [2.45, 2.75) is 43.9 Å². The van der Waals surface area contributed by atoms with Gasteiger partial charge in [0.05, 0.1) is 13.2 Å². The molecule has 0 aromatic carbocycles. The molecule has 0 amide bonds. The molecule has 2 heterocycles. The molecule has 1 spiro atoms. The van der Waals surface area contributed by atoms with E-state index < -0.39 is 0 Å². The van der Waals surface area contributed by atoms with Gasteiger partial charge in [0.1, 0.15) is 12.2 Å². The van der Waals surface area contributed by atoms with Gasteiger partial charge in [-0.25, -0.2) is 4.98 Å². The third kappa shape index (κ3) is 2.71. The van der Waals surface area contributed by atoms with Gasteiger partial charge in [0.2, 0.25) is 0 Å². The van der Waals surface area contributed by atoms with Gasteiger partial charge >= 0.3 is 0 Å². The van der Waals surface area contributed by atoms with Crippen LogP contribution in [-0.2, 0) is 15.9 Å². The van der Waals surface area contributed by atoms with Gasteiger partial charge in [0, 0.05) is 31.8 Å². The van der Waals surface area contributed by atoms with Crippen LogP contribution in [0.25, 0.3) is 0 Å². The minimum Gasteiger partial charge on any atom is -0.348 e. The van der Waals surface area contributed by atoms with Crippen LogP contribution in [0.3, 0.4) is 0 Å². The van der Waals surface area contributed by atoms with Crippen LogP contribution in [-0.4, -0.2) is 46.8 Å². The minimum atomic E-state index is -0.247. The second kappa shape index (κ2) is 5.34. The highest BCUT2D eigenvalue weighted by atomic mass is 16.7. The van der Waals surface area contributed by atoms with Crippen LogP contribution in [0.5, 0.6) is 0 Å². The van der Waals surface area contributed by atoms with Gasteiger partial charge in [0.15, 0.2) is 5.79 Å². The average molecular weight is 252 g/mol. The molecule has 0 bridgehead atoms. The average Bonchev–Trinajstić information content (AvgIpc) is 3.04. The Morgan fingerprint density at radius 1 is 1.33 bits per heavy atom. The topological polar surface area (TPSA) is 72.1 Å². The molecule has 1 aliphatic carbocycles. The van der Waals surface area contributed by atoms with Crippen LogP contribution in [0.2, 0.25) is 0 Å². The third-order valence-corrected chi connectivity index (χ3v) is 3.82. The Labute approximate surface area is 106 Å². The maximum Gasteiger partial charge on any atom is 0.168 e. The Morgan fingerprint density at radius 3 is 2.78 bits per heavy atom. The van der Waals surface area contributed by atoms with E-state index in [0.717, 1.165) is 57.7 Å². The van der Waals surface area contributed by atoms with Crippen LogP contribution >= 0.6 is 0 Å². The van der Waals surface area contributed by atoms with Crippen molar-refractivity contribution in [1.29, 1.82) is 0 Å². The predicted molar refractivity (Wildman–Crippen MR) is 65.0 cm³/mol. The number of aromatic amines is 1. The number of ether oxygens (including phenoxy) is 2. The first kappa shape index (κ1) is 12.1. The molecule has 2 aliphatic rings. The third-order valence-electron chi connectivity index (χ3n) is 3.82. The summed E-state index contributed by atoms with van der Waals surface area (Å²) in [5.74, 6) is 0.695. The highest BCUT2D eigenvalue weighted by Crippen LogP contribution is 2.35. The zero-order chi connectivity index (χ0) is 12.3. The standard InChI is InChI=1S/C12H20N4O2/c1-4-12(17-7-8-18-12)5-2-10(1)13-6-3-11-14-9-15-16-11/h9-10,13H,1-8H2,(H,14,15,16). The first-order valence-electron chi connectivity index (χ1n) is 6.72. The van der Waals surface area contributed by atoms with Crippen LogP contribution < -0.4 is 5.32 Å². The number of aromatic nitrogens is 3. The first-order chi connectivity index (χ1) is 8.86. The molecule has 100 valence electrons. The van der Waals surface area contributed by atoms with E-state index in [9.17, 15) is 0 Å². The summed E-state index contributed by atoms with van der Waals surface area (Å²) in [5.41, 5.74) is 0. The van der Waals surface area contributed by atoms with Gasteiger partial charge in [-0.05, 0) is 12.8 Å². The van der Waals surface area contributed by atoms with Crippen molar-refractivity contribution in [3.63, 3.8) is 0 Å². The first-order valence-corrected chi connectivity index (χ1v) is 6.72. The monoisotopic (exact) mass is 252 g/mol. The summed E-state index contributed by atoms with van der Waals surface area (Å²) < 4.78 is 11.4. The molecule has 1 aromatic rings. The van der Waals surface area contributed by atoms with Crippen molar-refractivity contribution in [2.75, 3.05) is 19.8 Å². The van der Waals surface area contributed by atoms with Crippen LogP contribution in [0, 0.1) is 0 Å². The van der Waals surface area contributed by atoms with Crippen molar-refractivity contribution in [1.82, 2.24) is 20.5 Å².